The van der Waals surface area contributed by atoms with Gasteiger partial charge in [-0.2, -0.15) is 13.2 Å². The Labute approximate surface area is 122 Å². The van der Waals surface area contributed by atoms with E-state index in [4.69, 9.17) is 9.31 Å². The monoisotopic (exact) mass is 299 g/mol. The first-order valence-electron chi connectivity index (χ1n) is 6.58. The fraction of sp³-hybridized carbons (Fsp3) is 0.500. The Hall–Kier alpha value is -1.34. The molecule has 1 saturated heterocycles. The van der Waals surface area contributed by atoms with E-state index in [1.54, 1.807) is 12.1 Å². The summed E-state index contributed by atoms with van der Waals surface area (Å²) in [6.45, 7) is 7.72. The van der Waals surface area contributed by atoms with Crippen molar-refractivity contribution in [3.8, 4) is 0 Å². The Balaban J connectivity index is 2.06. The zero-order valence-electron chi connectivity index (χ0n) is 12.4. The predicted octanol–water partition coefficient (Wildman–Crippen LogP) is 3.75. The first-order chi connectivity index (χ1) is 9.51. The Morgan fingerprint density at radius 2 is 1.67 bits per heavy atom. The molecule has 2 rings (SSSR count). The number of nitrogens with zero attached hydrogens (tertiary/aromatic N) is 1. The minimum Gasteiger partial charge on any atom is -0.400 e. The molecule has 0 aliphatic carbocycles. The van der Waals surface area contributed by atoms with Gasteiger partial charge >= 0.3 is 13.3 Å². The van der Waals surface area contributed by atoms with Crippen LogP contribution in [0, 0.1) is 0 Å². The van der Waals surface area contributed by atoms with E-state index < -0.39 is 30.2 Å². The summed E-state index contributed by atoms with van der Waals surface area (Å²) in [7, 11) is -0.530. The number of pyridine rings is 1. The molecular weight excluding hydrogens is 282 g/mol. The molecule has 0 bridgehead atoms. The molecule has 0 amide bonds. The number of halogens is 3. The van der Waals surface area contributed by atoms with E-state index in [1.807, 2.05) is 27.7 Å². The molecule has 1 aliphatic rings. The van der Waals surface area contributed by atoms with Crippen LogP contribution < -0.4 is 0 Å². The number of alkyl halides is 3. The molecule has 0 spiro atoms. The largest absolute Gasteiger partial charge is 0.487 e. The van der Waals surface area contributed by atoms with Gasteiger partial charge in [0, 0.05) is 6.20 Å². The predicted molar refractivity (Wildman–Crippen MR) is 74.4 cm³/mol. The first-order valence-corrected chi connectivity index (χ1v) is 6.58. The zero-order chi connectivity index (χ0) is 15.9. The van der Waals surface area contributed by atoms with Gasteiger partial charge in [0.25, 0.3) is 0 Å². The molecule has 1 fully saturated rings. The summed E-state index contributed by atoms with van der Waals surface area (Å²) in [6.07, 6.45) is -1.62. The second kappa shape index (κ2) is 5.14. The van der Waals surface area contributed by atoms with Crippen LogP contribution in [0.2, 0.25) is 0 Å². The van der Waals surface area contributed by atoms with Crippen LogP contribution in [0.25, 0.3) is 6.08 Å². The summed E-state index contributed by atoms with van der Waals surface area (Å²) in [4.78, 5) is 3.39. The summed E-state index contributed by atoms with van der Waals surface area (Å²) in [5.41, 5.74) is -1.24. The van der Waals surface area contributed by atoms with Crippen LogP contribution in [0.4, 0.5) is 13.2 Å². The van der Waals surface area contributed by atoms with Crippen LogP contribution in [0.1, 0.15) is 39.0 Å². The smallest absolute Gasteiger partial charge is 0.400 e. The van der Waals surface area contributed by atoms with Crippen LogP contribution in [0.15, 0.2) is 24.3 Å². The van der Waals surface area contributed by atoms with Crippen LogP contribution >= 0.6 is 0 Å². The average molecular weight is 299 g/mol. The van der Waals surface area contributed by atoms with Gasteiger partial charge in [0.15, 0.2) is 0 Å². The Bertz CT molecular complexity index is 522. The van der Waals surface area contributed by atoms with Crippen molar-refractivity contribution in [1.29, 1.82) is 0 Å². The van der Waals surface area contributed by atoms with Crippen molar-refractivity contribution in [1.82, 2.24) is 4.98 Å². The Morgan fingerprint density at radius 3 is 2.10 bits per heavy atom. The average Bonchev–Trinajstić information content (AvgIpc) is 2.55. The molecule has 21 heavy (non-hydrogen) atoms. The molecule has 3 nitrogen and oxygen atoms in total. The third-order valence-corrected chi connectivity index (χ3v) is 3.79. The van der Waals surface area contributed by atoms with Crippen molar-refractivity contribution in [3.63, 3.8) is 0 Å². The van der Waals surface area contributed by atoms with E-state index in [0.717, 1.165) is 6.07 Å². The third-order valence-electron chi connectivity index (χ3n) is 3.79. The molecule has 2 heterocycles. The second-order valence-electron chi connectivity index (χ2n) is 5.96. The second-order valence-corrected chi connectivity index (χ2v) is 5.96. The normalized spacial score (nSPS) is 21.2. The van der Waals surface area contributed by atoms with Gasteiger partial charge < -0.3 is 9.31 Å². The van der Waals surface area contributed by atoms with E-state index in [9.17, 15) is 13.2 Å². The van der Waals surface area contributed by atoms with Crippen LogP contribution in [-0.4, -0.2) is 23.3 Å². The van der Waals surface area contributed by atoms with Crippen LogP contribution in [0.3, 0.4) is 0 Å². The van der Waals surface area contributed by atoms with Gasteiger partial charge in [0.2, 0.25) is 0 Å². The lowest BCUT2D eigenvalue weighted by atomic mass is 9.89. The molecule has 1 aromatic rings. The molecular formula is C14H17BF3NO2. The molecule has 0 atom stereocenters. The number of hydrogen-bond donors (Lipinski definition) is 0. The SMILES string of the molecule is CC1(C)OB(/C=C/c2ccc(C(F)(F)F)nc2)OC1(C)C. The van der Waals surface area contributed by atoms with Gasteiger partial charge in [0.05, 0.1) is 11.2 Å². The topological polar surface area (TPSA) is 31.4 Å². The van der Waals surface area contributed by atoms with E-state index in [0.29, 0.717) is 5.56 Å². The van der Waals surface area contributed by atoms with Crippen LogP contribution in [-0.2, 0) is 15.5 Å². The molecule has 1 aromatic heterocycles. The molecule has 0 aromatic carbocycles. The van der Waals surface area contributed by atoms with E-state index in [1.165, 1.54) is 12.3 Å². The summed E-state index contributed by atoms with van der Waals surface area (Å²) >= 11 is 0. The lowest BCUT2D eigenvalue weighted by molar-refractivity contribution is -0.141. The van der Waals surface area contributed by atoms with Crippen molar-refractivity contribution < 1.29 is 22.5 Å². The fourth-order valence-corrected chi connectivity index (χ4v) is 1.83. The quantitative estimate of drug-likeness (QED) is 0.779. The maximum absolute atomic E-state index is 12.4. The van der Waals surface area contributed by atoms with Gasteiger partial charge in [-0.25, -0.2) is 0 Å². The summed E-state index contributed by atoms with van der Waals surface area (Å²) in [5.74, 6) is 1.67. The number of hydrogen-bond acceptors (Lipinski definition) is 3. The molecule has 1 aliphatic heterocycles. The lowest BCUT2D eigenvalue weighted by Gasteiger charge is -2.32. The molecule has 0 unspecified atom stereocenters. The third kappa shape index (κ3) is 3.47. The summed E-state index contributed by atoms with van der Waals surface area (Å²) < 4.78 is 48.7. The van der Waals surface area contributed by atoms with E-state index in [-0.39, 0.29) is 0 Å². The summed E-state index contributed by atoms with van der Waals surface area (Å²) in [6, 6.07) is 2.31. The van der Waals surface area contributed by atoms with Gasteiger partial charge in [0.1, 0.15) is 5.69 Å². The van der Waals surface area contributed by atoms with Crippen molar-refractivity contribution >= 4 is 13.2 Å². The van der Waals surface area contributed by atoms with Crippen molar-refractivity contribution in [2.45, 2.75) is 45.1 Å². The summed E-state index contributed by atoms with van der Waals surface area (Å²) in [5, 5.41) is 0. The van der Waals surface area contributed by atoms with Crippen molar-refractivity contribution in [2.24, 2.45) is 0 Å². The van der Waals surface area contributed by atoms with Gasteiger partial charge in [-0.1, -0.05) is 18.1 Å². The van der Waals surface area contributed by atoms with E-state index in [2.05, 4.69) is 4.98 Å². The molecule has 0 N–H and O–H groups in total. The Kier molecular flexibility index (Phi) is 3.93. The molecule has 0 saturated carbocycles. The zero-order valence-corrected chi connectivity index (χ0v) is 12.4. The number of rotatable bonds is 2. The fourth-order valence-electron chi connectivity index (χ4n) is 1.83. The lowest BCUT2D eigenvalue weighted by Crippen LogP contribution is -2.41. The molecule has 7 heteroatoms. The Morgan fingerprint density at radius 1 is 1.10 bits per heavy atom. The molecule has 0 radical (unpaired) electrons. The van der Waals surface area contributed by atoms with E-state index >= 15 is 0 Å². The minimum atomic E-state index is -4.42. The van der Waals surface area contributed by atoms with Crippen LogP contribution in [0.5, 0.6) is 0 Å². The number of aromatic nitrogens is 1. The molecule has 114 valence electrons. The van der Waals surface area contributed by atoms with Gasteiger partial charge in [-0.15, -0.1) is 0 Å². The maximum atomic E-state index is 12.4. The van der Waals surface area contributed by atoms with Crippen molar-refractivity contribution in [3.05, 3.63) is 35.6 Å². The highest BCUT2D eigenvalue weighted by Crippen LogP contribution is 2.37. The standard InChI is InChI=1S/C14H17BF3NO2/c1-12(2)13(3,4)21-15(20-12)8-7-10-5-6-11(19-9-10)14(16,17)18/h5-9H,1-4H3/b8-7+. The highest BCUT2D eigenvalue weighted by atomic mass is 19.4. The maximum Gasteiger partial charge on any atom is 0.487 e. The highest BCUT2D eigenvalue weighted by molar-refractivity contribution is 6.52. The van der Waals surface area contributed by atoms with Gasteiger partial charge in [-0.3, -0.25) is 4.98 Å². The highest BCUT2D eigenvalue weighted by Gasteiger charge is 2.50. The van der Waals surface area contributed by atoms with Crippen molar-refractivity contribution in [2.75, 3.05) is 0 Å². The first kappa shape index (κ1) is 16.0. The minimum absolute atomic E-state index is 0.444. The van der Waals surface area contributed by atoms with Gasteiger partial charge in [-0.05, 0) is 39.3 Å².